The highest BCUT2D eigenvalue weighted by Gasteiger charge is 2.16. The van der Waals surface area contributed by atoms with Crippen LogP contribution in [0.1, 0.15) is 36.4 Å². The monoisotopic (exact) mass is 201 g/mol. The summed E-state index contributed by atoms with van der Waals surface area (Å²) in [6.45, 7) is 2.15. The summed E-state index contributed by atoms with van der Waals surface area (Å²) in [5, 5.41) is 3.42. The standard InChI is InChI=1S/C14H19N/c1-11-6-5-9-13(10-11)14(15-2)12-7-3-4-8-12/h5-7,9-10,14-15H,3-4,8H2,1-2H3. The van der Waals surface area contributed by atoms with Crippen molar-refractivity contribution in [2.24, 2.45) is 0 Å². The molecule has 1 nitrogen and oxygen atoms in total. The molecule has 1 unspecified atom stereocenters. The summed E-state index contributed by atoms with van der Waals surface area (Å²) < 4.78 is 0. The van der Waals surface area contributed by atoms with E-state index in [0.717, 1.165) is 0 Å². The molecule has 0 fully saturated rings. The summed E-state index contributed by atoms with van der Waals surface area (Å²) >= 11 is 0. The summed E-state index contributed by atoms with van der Waals surface area (Å²) in [6, 6.07) is 9.21. The van der Waals surface area contributed by atoms with Crippen LogP contribution in [0.2, 0.25) is 0 Å². The maximum absolute atomic E-state index is 3.42. The molecular weight excluding hydrogens is 182 g/mol. The molecule has 0 amide bonds. The topological polar surface area (TPSA) is 12.0 Å². The summed E-state index contributed by atoms with van der Waals surface area (Å²) in [5.41, 5.74) is 4.29. The van der Waals surface area contributed by atoms with Gasteiger partial charge in [-0.25, -0.2) is 0 Å². The minimum atomic E-state index is 0.424. The SMILES string of the molecule is CNC(C1=CCCC1)c1cccc(C)c1. The fraction of sp³-hybridized carbons (Fsp3) is 0.429. The molecule has 1 atom stereocenters. The van der Waals surface area contributed by atoms with E-state index >= 15 is 0 Å². The third-order valence-corrected chi connectivity index (χ3v) is 3.11. The lowest BCUT2D eigenvalue weighted by atomic mass is 9.97. The van der Waals surface area contributed by atoms with E-state index in [1.54, 1.807) is 5.57 Å². The molecule has 1 aromatic rings. The zero-order valence-corrected chi connectivity index (χ0v) is 9.59. The largest absolute Gasteiger partial charge is 0.310 e. The maximum atomic E-state index is 3.42. The van der Waals surface area contributed by atoms with Gasteiger partial charge in [0.05, 0.1) is 6.04 Å². The van der Waals surface area contributed by atoms with Crippen LogP contribution in [-0.4, -0.2) is 7.05 Å². The Hall–Kier alpha value is -1.08. The lowest BCUT2D eigenvalue weighted by Crippen LogP contribution is -2.18. The van der Waals surface area contributed by atoms with Crippen LogP contribution >= 0.6 is 0 Å². The lowest BCUT2D eigenvalue weighted by Gasteiger charge is -2.18. The molecule has 1 aliphatic carbocycles. The number of hydrogen-bond donors (Lipinski definition) is 1. The van der Waals surface area contributed by atoms with Crippen LogP contribution in [0.4, 0.5) is 0 Å². The minimum absolute atomic E-state index is 0.424. The number of benzene rings is 1. The fourth-order valence-electron chi connectivity index (χ4n) is 2.37. The van der Waals surface area contributed by atoms with Crippen LogP contribution in [-0.2, 0) is 0 Å². The van der Waals surface area contributed by atoms with Gasteiger partial charge in [-0.15, -0.1) is 0 Å². The molecule has 0 aliphatic heterocycles. The number of aryl methyl sites for hydroxylation is 1. The van der Waals surface area contributed by atoms with Gasteiger partial charge in [0, 0.05) is 0 Å². The molecule has 1 heteroatoms. The normalized spacial score (nSPS) is 17.6. The van der Waals surface area contributed by atoms with Gasteiger partial charge in [0.2, 0.25) is 0 Å². The van der Waals surface area contributed by atoms with E-state index in [2.05, 4.69) is 42.6 Å². The van der Waals surface area contributed by atoms with E-state index in [-0.39, 0.29) is 0 Å². The van der Waals surface area contributed by atoms with Gasteiger partial charge in [0.25, 0.3) is 0 Å². The van der Waals surface area contributed by atoms with Crippen LogP contribution in [0, 0.1) is 6.92 Å². The van der Waals surface area contributed by atoms with Crippen LogP contribution in [0.15, 0.2) is 35.9 Å². The first kappa shape index (κ1) is 10.4. The van der Waals surface area contributed by atoms with E-state index in [1.165, 1.54) is 30.4 Å². The second-order valence-corrected chi connectivity index (χ2v) is 4.31. The quantitative estimate of drug-likeness (QED) is 0.739. The average Bonchev–Trinajstić information content (AvgIpc) is 2.72. The van der Waals surface area contributed by atoms with Gasteiger partial charge in [0.1, 0.15) is 0 Å². The molecule has 1 aliphatic rings. The van der Waals surface area contributed by atoms with Gasteiger partial charge in [-0.2, -0.15) is 0 Å². The summed E-state index contributed by atoms with van der Waals surface area (Å²) in [7, 11) is 2.05. The zero-order chi connectivity index (χ0) is 10.7. The molecule has 1 N–H and O–H groups in total. The van der Waals surface area contributed by atoms with Crippen molar-refractivity contribution in [2.45, 2.75) is 32.2 Å². The van der Waals surface area contributed by atoms with Gasteiger partial charge in [-0.3, -0.25) is 0 Å². The van der Waals surface area contributed by atoms with Crippen molar-refractivity contribution in [1.29, 1.82) is 0 Å². The highest BCUT2D eigenvalue weighted by Crippen LogP contribution is 2.30. The van der Waals surface area contributed by atoms with Crippen molar-refractivity contribution in [3.05, 3.63) is 47.0 Å². The second-order valence-electron chi connectivity index (χ2n) is 4.31. The third-order valence-electron chi connectivity index (χ3n) is 3.11. The first-order valence-corrected chi connectivity index (χ1v) is 5.74. The van der Waals surface area contributed by atoms with Gasteiger partial charge >= 0.3 is 0 Å². The van der Waals surface area contributed by atoms with E-state index < -0.39 is 0 Å². The van der Waals surface area contributed by atoms with E-state index in [1.807, 2.05) is 7.05 Å². The lowest BCUT2D eigenvalue weighted by molar-refractivity contribution is 0.655. The Kier molecular flexibility index (Phi) is 3.22. The molecule has 0 aromatic heterocycles. The fourth-order valence-corrected chi connectivity index (χ4v) is 2.37. The zero-order valence-electron chi connectivity index (χ0n) is 9.59. The van der Waals surface area contributed by atoms with Crippen LogP contribution in [0.25, 0.3) is 0 Å². The Balaban J connectivity index is 2.26. The molecule has 0 saturated heterocycles. The van der Waals surface area contributed by atoms with Crippen molar-refractivity contribution in [3.63, 3.8) is 0 Å². The predicted octanol–water partition coefficient (Wildman–Crippen LogP) is 3.37. The minimum Gasteiger partial charge on any atom is -0.310 e. The Bertz CT molecular complexity index is 365. The Morgan fingerprint density at radius 1 is 1.33 bits per heavy atom. The van der Waals surface area contributed by atoms with Crippen molar-refractivity contribution >= 4 is 0 Å². The number of hydrogen-bond acceptors (Lipinski definition) is 1. The van der Waals surface area contributed by atoms with Crippen LogP contribution in [0.5, 0.6) is 0 Å². The number of rotatable bonds is 3. The van der Waals surface area contributed by atoms with Crippen molar-refractivity contribution in [1.82, 2.24) is 5.32 Å². The van der Waals surface area contributed by atoms with Gasteiger partial charge < -0.3 is 5.32 Å². The van der Waals surface area contributed by atoms with Gasteiger partial charge in [0.15, 0.2) is 0 Å². The maximum Gasteiger partial charge on any atom is 0.0533 e. The number of allylic oxidation sites excluding steroid dienone is 1. The first-order valence-electron chi connectivity index (χ1n) is 5.74. The smallest absolute Gasteiger partial charge is 0.0533 e. The molecular formula is C14H19N. The molecule has 0 radical (unpaired) electrons. The highest BCUT2D eigenvalue weighted by molar-refractivity contribution is 5.32. The average molecular weight is 201 g/mol. The summed E-state index contributed by atoms with van der Waals surface area (Å²) in [6.07, 6.45) is 6.21. The summed E-state index contributed by atoms with van der Waals surface area (Å²) in [5.74, 6) is 0. The number of likely N-dealkylation sites (N-methyl/N-ethyl adjacent to an activating group) is 1. The van der Waals surface area contributed by atoms with Crippen molar-refractivity contribution in [3.8, 4) is 0 Å². The number of nitrogens with one attached hydrogen (secondary N) is 1. The molecule has 0 bridgehead atoms. The van der Waals surface area contributed by atoms with E-state index in [0.29, 0.717) is 6.04 Å². The van der Waals surface area contributed by atoms with E-state index in [4.69, 9.17) is 0 Å². The third kappa shape index (κ3) is 2.29. The molecule has 15 heavy (non-hydrogen) atoms. The molecule has 2 rings (SSSR count). The molecule has 0 heterocycles. The molecule has 1 aromatic carbocycles. The Morgan fingerprint density at radius 3 is 2.80 bits per heavy atom. The van der Waals surface area contributed by atoms with Gasteiger partial charge in [-0.05, 0) is 38.8 Å². The van der Waals surface area contributed by atoms with Crippen molar-refractivity contribution in [2.75, 3.05) is 7.05 Å². The highest BCUT2D eigenvalue weighted by atomic mass is 14.9. The Labute approximate surface area is 92.2 Å². The predicted molar refractivity (Wildman–Crippen MR) is 64.9 cm³/mol. The summed E-state index contributed by atoms with van der Waals surface area (Å²) in [4.78, 5) is 0. The molecule has 0 spiro atoms. The molecule has 0 saturated carbocycles. The Morgan fingerprint density at radius 2 is 2.20 bits per heavy atom. The van der Waals surface area contributed by atoms with Crippen LogP contribution in [0.3, 0.4) is 0 Å². The van der Waals surface area contributed by atoms with Crippen LogP contribution < -0.4 is 5.32 Å². The first-order chi connectivity index (χ1) is 7.31. The van der Waals surface area contributed by atoms with E-state index in [9.17, 15) is 0 Å². The molecule has 80 valence electrons. The van der Waals surface area contributed by atoms with Gasteiger partial charge in [-0.1, -0.05) is 41.5 Å². The second kappa shape index (κ2) is 4.63. The van der Waals surface area contributed by atoms with Crippen molar-refractivity contribution < 1.29 is 0 Å².